The third-order valence-corrected chi connectivity index (χ3v) is 7.41. The van der Waals surface area contributed by atoms with Gasteiger partial charge in [0.25, 0.3) is 0 Å². The van der Waals surface area contributed by atoms with E-state index in [-0.39, 0.29) is 12.5 Å². The van der Waals surface area contributed by atoms with Gasteiger partial charge in [-0.25, -0.2) is 0 Å². The van der Waals surface area contributed by atoms with Crippen molar-refractivity contribution in [1.29, 1.82) is 0 Å². The van der Waals surface area contributed by atoms with E-state index in [0.29, 0.717) is 18.8 Å². The Labute approximate surface area is 257 Å². The molecule has 9 unspecified atom stereocenters. The summed E-state index contributed by atoms with van der Waals surface area (Å²) in [7, 11) is 4.42. The highest BCUT2D eigenvalue weighted by Gasteiger charge is 2.46. The summed E-state index contributed by atoms with van der Waals surface area (Å²) in [6.07, 6.45) is 15.2. The summed E-state index contributed by atoms with van der Waals surface area (Å²) in [6, 6.07) is 0. The minimum absolute atomic E-state index is 0.133. The fraction of sp³-hybridized carbons (Fsp3) is 0.618. The van der Waals surface area contributed by atoms with Gasteiger partial charge in [-0.15, -0.1) is 0 Å². The zero-order valence-corrected chi connectivity index (χ0v) is 26.8. The molecule has 9 nitrogen and oxygen atoms in total. The van der Waals surface area contributed by atoms with Gasteiger partial charge in [0.2, 0.25) is 0 Å². The van der Waals surface area contributed by atoms with E-state index in [9.17, 15) is 15.0 Å². The molecule has 0 aromatic heterocycles. The molecular weight excluding hydrogens is 552 g/mol. The van der Waals surface area contributed by atoms with E-state index >= 15 is 0 Å². The van der Waals surface area contributed by atoms with Gasteiger partial charge in [-0.1, -0.05) is 67.2 Å². The number of cyclic esters (lactones) is 1. The number of ether oxygens (including phenoxy) is 6. The standard InChI is InChI=1S/C34H52O9/c1-8-9-15-24(3)21-26-17-13-11-10-12-16-23(2)20-25(4)28(38-5)19-14-18-27(22-29(35)41-26)42-34-31(37)32(39-6)30(36)33(40-7)43-34/h8-14,18,20-21,23,26-28,30-34,36-37H,15-17,19,22H2,1-7H3. The molecule has 9 atom stereocenters. The summed E-state index contributed by atoms with van der Waals surface area (Å²) < 4.78 is 34.0. The highest BCUT2D eigenvalue weighted by atomic mass is 16.8. The minimum atomic E-state index is -1.33. The number of methoxy groups -OCH3 is 3. The number of esters is 1. The Kier molecular flexibility index (Phi) is 17.0. The number of allylic oxidation sites excluding steroid dienone is 7. The van der Waals surface area contributed by atoms with E-state index < -0.39 is 49.1 Å². The SMILES string of the molecule is CC=CCC(C)=CC1CC=CC=CCC(C)C=C(C)C(OC)CC=CC(OC2OC(OC)C(O)C(OC)C2O)CC(=O)O1. The van der Waals surface area contributed by atoms with Crippen LogP contribution in [0.1, 0.15) is 59.8 Å². The van der Waals surface area contributed by atoms with Gasteiger partial charge in [0.05, 0.1) is 18.6 Å². The second-order valence-corrected chi connectivity index (χ2v) is 11.1. The summed E-state index contributed by atoms with van der Waals surface area (Å²) in [5.74, 6) is -0.139. The lowest BCUT2D eigenvalue weighted by molar-refractivity contribution is -0.352. The number of rotatable bonds is 8. The smallest absolute Gasteiger partial charge is 0.309 e. The van der Waals surface area contributed by atoms with E-state index in [1.807, 2.05) is 57.2 Å². The molecule has 0 aliphatic carbocycles. The second kappa shape index (κ2) is 19.8. The number of carbonyl (C=O) groups excluding carboxylic acids is 1. The lowest BCUT2D eigenvalue weighted by atomic mass is 9.99. The fourth-order valence-corrected chi connectivity index (χ4v) is 5.05. The molecule has 2 aliphatic heterocycles. The molecule has 1 fully saturated rings. The van der Waals surface area contributed by atoms with Crippen molar-refractivity contribution in [2.24, 2.45) is 5.92 Å². The van der Waals surface area contributed by atoms with Crippen molar-refractivity contribution in [1.82, 2.24) is 0 Å². The Balaban J connectivity index is 2.38. The van der Waals surface area contributed by atoms with Crippen LogP contribution in [0, 0.1) is 5.92 Å². The summed E-state index contributed by atoms with van der Waals surface area (Å²) in [5.41, 5.74) is 2.19. The maximum atomic E-state index is 13.3. The topological polar surface area (TPSA) is 113 Å². The second-order valence-electron chi connectivity index (χ2n) is 11.1. The Morgan fingerprint density at radius 3 is 2.35 bits per heavy atom. The maximum Gasteiger partial charge on any atom is 0.309 e. The highest BCUT2D eigenvalue weighted by molar-refractivity contribution is 5.70. The third kappa shape index (κ3) is 12.6. The van der Waals surface area contributed by atoms with Crippen molar-refractivity contribution >= 4 is 5.97 Å². The van der Waals surface area contributed by atoms with Crippen LogP contribution >= 0.6 is 0 Å². The van der Waals surface area contributed by atoms with Gasteiger partial charge < -0.3 is 38.6 Å². The molecular formula is C34H52O9. The first kappa shape index (κ1) is 36.8. The molecule has 1 saturated heterocycles. The largest absolute Gasteiger partial charge is 0.458 e. The van der Waals surface area contributed by atoms with Crippen LogP contribution in [0.5, 0.6) is 0 Å². The van der Waals surface area contributed by atoms with Crippen LogP contribution in [0.2, 0.25) is 0 Å². The monoisotopic (exact) mass is 604 g/mol. The summed E-state index contributed by atoms with van der Waals surface area (Å²) in [6.45, 7) is 8.19. The van der Waals surface area contributed by atoms with Crippen LogP contribution in [0.25, 0.3) is 0 Å². The van der Waals surface area contributed by atoms with Gasteiger partial charge in [0.15, 0.2) is 12.6 Å². The van der Waals surface area contributed by atoms with Gasteiger partial charge in [-0.05, 0) is 57.6 Å². The number of aliphatic hydroxyl groups is 2. The molecule has 2 N–H and O–H groups in total. The molecule has 0 bridgehead atoms. The summed E-state index contributed by atoms with van der Waals surface area (Å²) in [4.78, 5) is 13.3. The lowest BCUT2D eigenvalue weighted by Gasteiger charge is -2.41. The Morgan fingerprint density at radius 1 is 1.00 bits per heavy atom. The molecule has 0 aromatic carbocycles. The van der Waals surface area contributed by atoms with Crippen molar-refractivity contribution in [3.05, 3.63) is 71.9 Å². The maximum absolute atomic E-state index is 13.3. The molecule has 2 aliphatic rings. The first-order valence-electron chi connectivity index (χ1n) is 15.0. The predicted octanol–water partition coefficient (Wildman–Crippen LogP) is 5.10. The Morgan fingerprint density at radius 2 is 1.70 bits per heavy atom. The lowest BCUT2D eigenvalue weighted by Crippen LogP contribution is -2.59. The molecule has 0 spiro atoms. The molecule has 2 heterocycles. The average Bonchev–Trinajstić information content (AvgIpc) is 2.96. The number of carbonyl (C=O) groups is 1. The number of hydrogen-bond donors (Lipinski definition) is 2. The molecule has 9 heteroatoms. The third-order valence-electron chi connectivity index (χ3n) is 7.41. The predicted molar refractivity (Wildman–Crippen MR) is 166 cm³/mol. The van der Waals surface area contributed by atoms with Crippen LogP contribution in [0.4, 0.5) is 0 Å². The normalized spacial score (nSPS) is 34.1. The zero-order chi connectivity index (χ0) is 31.8. The van der Waals surface area contributed by atoms with Gasteiger partial charge >= 0.3 is 5.97 Å². The van der Waals surface area contributed by atoms with Crippen LogP contribution in [0.3, 0.4) is 0 Å². The van der Waals surface area contributed by atoms with Crippen molar-refractivity contribution < 1.29 is 43.4 Å². The van der Waals surface area contributed by atoms with Gasteiger partial charge in [-0.2, -0.15) is 0 Å². The molecule has 0 saturated carbocycles. The molecule has 0 amide bonds. The number of hydrogen-bond acceptors (Lipinski definition) is 9. The van der Waals surface area contributed by atoms with Gasteiger partial charge in [0.1, 0.15) is 24.4 Å². The van der Waals surface area contributed by atoms with E-state index in [1.54, 1.807) is 13.2 Å². The van der Waals surface area contributed by atoms with Crippen molar-refractivity contribution in [2.45, 2.75) is 109 Å². The highest BCUT2D eigenvalue weighted by Crippen LogP contribution is 2.26. The minimum Gasteiger partial charge on any atom is -0.458 e. The quantitative estimate of drug-likeness (QED) is 0.289. The van der Waals surface area contributed by atoms with Crippen molar-refractivity contribution in [3.63, 3.8) is 0 Å². The van der Waals surface area contributed by atoms with E-state index in [4.69, 9.17) is 28.4 Å². The number of aliphatic hydroxyl groups excluding tert-OH is 2. The molecule has 0 radical (unpaired) electrons. The summed E-state index contributed by atoms with van der Waals surface area (Å²) >= 11 is 0. The Bertz CT molecular complexity index is 1010. The summed E-state index contributed by atoms with van der Waals surface area (Å²) in [5, 5.41) is 21.3. The van der Waals surface area contributed by atoms with E-state index in [2.05, 4.69) is 25.2 Å². The molecule has 242 valence electrons. The first-order chi connectivity index (χ1) is 20.6. The zero-order valence-electron chi connectivity index (χ0n) is 26.8. The molecule has 2 rings (SSSR count). The van der Waals surface area contributed by atoms with Gasteiger partial charge in [-0.3, -0.25) is 4.79 Å². The van der Waals surface area contributed by atoms with Gasteiger partial charge in [0, 0.05) is 27.8 Å². The molecule has 0 aromatic rings. The molecule has 43 heavy (non-hydrogen) atoms. The first-order valence-corrected chi connectivity index (χ1v) is 15.0. The van der Waals surface area contributed by atoms with Crippen LogP contribution in [-0.2, 0) is 33.2 Å². The van der Waals surface area contributed by atoms with E-state index in [0.717, 1.165) is 24.0 Å². The Hall–Kier alpha value is -2.37. The van der Waals surface area contributed by atoms with Crippen molar-refractivity contribution in [3.8, 4) is 0 Å². The van der Waals surface area contributed by atoms with Crippen LogP contribution in [-0.4, -0.2) is 86.7 Å². The van der Waals surface area contributed by atoms with E-state index in [1.165, 1.54) is 14.2 Å². The van der Waals surface area contributed by atoms with Crippen molar-refractivity contribution in [2.75, 3.05) is 21.3 Å². The van der Waals surface area contributed by atoms with Crippen LogP contribution < -0.4 is 0 Å². The fourth-order valence-electron chi connectivity index (χ4n) is 5.05. The average molecular weight is 605 g/mol. The van der Waals surface area contributed by atoms with Crippen LogP contribution in [0.15, 0.2) is 71.9 Å².